The second kappa shape index (κ2) is 11.1. The Kier molecular flexibility index (Phi) is 8.43. The van der Waals surface area contributed by atoms with Crippen LogP contribution in [0.25, 0.3) is 0 Å². The molecule has 0 bridgehead atoms. The number of rotatable bonds is 10. The van der Waals surface area contributed by atoms with Gasteiger partial charge in [-0.3, -0.25) is 0 Å². The quantitative estimate of drug-likeness (QED) is 0.391. The number of aromatic nitrogens is 2. The van der Waals surface area contributed by atoms with Crippen molar-refractivity contribution < 1.29 is 23.0 Å². The number of benzene rings is 2. The minimum absolute atomic E-state index is 0.00456. The second-order valence-electron chi connectivity index (χ2n) is 8.93. The molecule has 0 radical (unpaired) electrons. The van der Waals surface area contributed by atoms with E-state index >= 15 is 0 Å². The number of ether oxygens (including phenoxy) is 2. The fraction of sp³-hybridized carbons (Fsp3) is 0.346. The predicted octanol–water partition coefficient (Wildman–Crippen LogP) is 4.95. The van der Waals surface area contributed by atoms with Gasteiger partial charge in [-0.1, -0.05) is 38.4 Å². The first-order chi connectivity index (χ1) is 16.9. The van der Waals surface area contributed by atoms with E-state index in [0.717, 1.165) is 23.8 Å². The molecule has 1 N–H and O–H groups in total. The van der Waals surface area contributed by atoms with Crippen LogP contribution in [0.4, 0.5) is 0 Å². The molecule has 0 saturated carbocycles. The molecule has 2 aromatic carbocycles. The van der Waals surface area contributed by atoms with E-state index in [1.54, 1.807) is 30.3 Å². The normalized spacial score (nSPS) is 11.7. The van der Waals surface area contributed by atoms with Crippen molar-refractivity contribution >= 4 is 21.4 Å². The summed E-state index contributed by atoms with van der Waals surface area (Å²) in [6.45, 7) is 6.39. The SMILES string of the molecule is CCCOc1c(Cl)cc(C(C)(C)c2ccc(O)c(OCc3ccnc(CS(C)(=O)=O)n3)c2)cc1C#N. The van der Waals surface area contributed by atoms with Gasteiger partial charge in [0.15, 0.2) is 27.1 Å². The topological polar surface area (TPSA) is 122 Å². The first kappa shape index (κ1) is 27.2. The molecule has 0 spiro atoms. The third kappa shape index (κ3) is 6.65. The van der Waals surface area contributed by atoms with E-state index < -0.39 is 15.3 Å². The Morgan fingerprint density at radius 1 is 1.14 bits per heavy atom. The summed E-state index contributed by atoms with van der Waals surface area (Å²) in [6, 6.07) is 12.3. The summed E-state index contributed by atoms with van der Waals surface area (Å²) in [7, 11) is -3.28. The van der Waals surface area contributed by atoms with Crippen LogP contribution < -0.4 is 9.47 Å². The summed E-state index contributed by atoms with van der Waals surface area (Å²) in [6.07, 6.45) is 3.37. The molecule has 3 aromatic rings. The lowest BCUT2D eigenvalue weighted by atomic mass is 9.77. The first-order valence-corrected chi connectivity index (χ1v) is 13.7. The Morgan fingerprint density at radius 2 is 1.89 bits per heavy atom. The molecule has 0 aliphatic carbocycles. The number of nitrogens with zero attached hydrogens (tertiary/aromatic N) is 3. The summed E-state index contributed by atoms with van der Waals surface area (Å²) >= 11 is 6.48. The number of hydrogen-bond acceptors (Lipinski definition) is 8. The smallest absolute Gasteiger partial charge is 0.161 e. The van der Waals surface area contributed by atoms with Crippen LogP contribution >= 0.6 is 11.6 Å². The molecule has 1 heterocycles. The number of aromatic hydroxyl groups is 1. The van der Waals surface area contributed by atoms with Crippen LogP contribution in [0.3, 0.4) is 0 Å². The Morgan fingerprint density at radius 3 is 2.56 bits per heavy atom. The summed E-state index contributed by atoms with van der Waals surface area (Å²) < 4.78 is 34.6. The molecule has 8 nitrogen and oxygen atoms in total. The summed E-state index contributed by atoms with van der Waals surface area (Å²) in [4.78, 5) is 8.21. The summed E-state index contributed by atoms with van der Waals surface area (Å²) in [5.74, 6) is 0.452. The molecule has 3 rings (SSSR count). The van der Waals surface area contributed by atoms with Gasteiger partial charge in [0.25, 0.3) is 0 Å². The number of phenolic OH excluding ortho intramolecular Hbond substituents is 1. The molecule has 190 valence electrons. The molecule has 0 fully saturated rings. The summed E-state index contributed by atoms with van der Waals surface area (Å²) in [5.41, 5.74) is 1.84. The lowest BCUT2D eigenvalue weighted by Gasteiger charge is -2.28. The summed E-state index contributed by atoms with van der Waals surface area (Å²) in [5, 5.41) is 20.4. The van der Waals surface area contributed by atoms with Gasteiger partial charge in [0.05, 0.1) is 22.9 Å². The van der Waals surface area contributed by atoms with Gasteiger partial charge in [-0.05, 0) is 47.9 Å². The molecule has 0 atom stereocenters. The van der Waals surface area contributed by atoms with Gasteiger partial charge in [0.2, 0.25) is 0 Å². The molecule has 1 aromatic heterocycles. The van der Waals surface area contributed by atoms with Crippen molar-refractivity contribution in [3.05, 3.63) is 75.8 Å². The van der Waals surface area contributed by atoms with E-state index in [1.807, 2.05) is 20.8 Å². The highest BCUT2D eigenvalue weighted by Gasteiger charge is 2.27. The number of phenols is 1. The average molecular weight is 530 g/mol. The highest BCUT2D eigenvalue weighted by molar-refractivity contribution is 7.89. The van der Waals surface area contributed by atoms with E-state index in [1.165, 1.54) is 12.3 Å². The fourth-order valence-electron chi connectivity index (χ4n) is 3.55. The molecular weight excluding hydrogens is 502 g/mol. The van der Waals surface area contributed by atoms with Crippen LogP contribution in [-0.2, 0) is 27.6 Å². The van der Waals surface area contributed by atoms with Gasteiger partial charge >= 0.3 is 0 Å². The van der Waals surface area contributed by atoms with E-state index in [9.17, 15) is 18.8 Å². The fourth-order valence-corrected chi connectivity index (χ4v) is 4.43. The van der Waals surface area contributed by atoms with Gasteiger partial charge in [-0.2, -0.15) is 5.26 Å². The predicted molar refractivity (Wildman–Crippen MR) is 137 cm³/mol. The van der Waals surface area contributed by atoms with E-state index in [0.29, 0.717) is 28.6 Å². The maximum Gasteiger partial charge on any atom is 0.161 e. The van der Waals surface area contributed by atoms with Gasteiger partial charge in [-0.15, -0.1) is 0 Å². The number of sulfone groups is 1. The van der Waals surface area contributed by atoms with Crippen LogP contribution in [0.5, 0.6) is 17.2 Å². The van der Waals surface area contributed by atoms with Crippen LogP contribution in [-0.4, -0.2) is 36.4 Å². The van der Waals surface area contributed by atoms with Crippen LogP contribution in [0, 0.1) is 11.3 Å². The maximum absolute atomic E-state index is 11.5. The molecule has 0 amide bonds. The van der Waals surface area contributed by atoms with E-state index in [-0.39, 0.29) is 29.7 Å². The molecule has 36 heavy (non-hydrogen) atoms. The van der Waals surface area contributed by atoms with Crippen molar-refractivity contribution in [3.8, 4) is 23.3 Å². The van der Waals surface area contributed by atoms with Gasteiger partial charge < -0.3 is 14.6 Å². The van der Waals surface area contributed by atoms with Crippen molar-refractivity contribution in [1.29, 1.82) is 5.26 Å². The molecule has 10 heteroatoms. The van der Waals surface area contributed by atoms with Crippen molar-refractivity contribution in [1.82, 2.24) is 9.97 Å². The third-order valence-electron chi connectivity index (χ3n) is 5.55. The third-order valence-corrected chi connectivity index (χ3v) is 6.61. The minimum atomic E-state index is -3.28. The zero-order valence-electron chi connectivity index (χ0n) is 20.6. The van der Waals surface area contributed by atoms with Crippen LogP contribution in [0.1, 0.15) is 55.4 Å². The number of nitriles is 1. The Labute approximate surface area is 216 Å². The highest BCUT2D eigenvalue weighted by Crippen LogP contribution is 2.40. The maximum atomic E-state index is 11.5. The van der Waals surface area contributed by atoms with Gasteiger partial charge in [0, 0.05) is 17.9 Å². The number of halogens is 1. The number of hydrogen-bond donors (Lipinski definition) is 1. The standard InChI is InChI=1S/C26H28ClN3O5S/c1-5-10-34-25-17(14-28)11-19(12-21(25)27)26(2,3)18-6-7-22(31)23(13-18)35-15-20-8-9-29-24(30-20)16-36(4,32)33/h6-9,11-13,31H,5,10,15-16H2,1-4H3. The zero-order valence-corrected chi connectivity index (χ0v) is 22.2. The van der Waals surface area contributed by atoms with Crippen molar-refractivity contribution in [2.75, 3.05) is 12.9 Å². The van der Waals surface area contributed by atoms with Crippen LogP contribution in [0.2, 0.25) is 5.02 Å². The van der Waals surface area contributed by atoms with Crippen molar-refractivity contribution in [3.63, 3.8) is 0 Å². The zero-order chi connectivity index (χ0) is 26.5. The molecule has 0 aliphatic rings. The Balaban J connectivity index is 1.88. The first-order valence-electron chi connectivity index (χ1n) is 11.3. The largest absolute Gasteiger partial charge is 0.504 e. The highest BCUT2D eigenvalue weighted by atomic mass is 35.5. The monoisotopic (exact) mass is 529 g/mol. The van der Waals surface area contributed by atoms with E-state index in [2.05, 4.69) is 16.0 Å². The van der Waals surface area contributed by atoms with Crippen molar-refractivity contribution in [2.24, 2.45) is 0 Å². The average Bonchev–Trinajstić information content (AvgIpc) is 2.81. The lowest BCUT2D eigenvalue weighted by Crippen LogP contribution is -2.19. The molecule has 0 aliphatic heterocycles. The lowest BCUT2D eigenvalue weighted by molar-refractivity contribution is 0.283. The molecule has 0 unspecified atom stereocenters. The van der Waals surface area contributed by atoms with Crippen molar-refractivity contribution in [2.45, 2.75) is 45.0 Å². The van der Waals surface area contributed by atoms with Crippen LogP contribution in [0.15, 0.2) is 42.6 Å². The molecule has 0 saturated heterocycles. The Hall–Kier alpha value is -3.35. The van der Waals surface area contributed by atoms with Gasteiger partial charge in [0.1, 0.15) is 24.3 Å². The second-order valence-corrected chi connectivity index (χ2v) is 11.5. The van der Waals surface area contributed by atoms with E-state index in [4.69, 9.17) is 21.1 Å². The minimum Gasteiger partial charge on any atom is -0.504 e. The Bertz CT molecular complexity index is 1400. The van der Waals surface area contributed by atoms with Gasteiger partial charge in [-0.25, -0.2) is 18.4 Å². The molecular formula is C26H28ClN3O5S.